The highest BCUT2D eigenvalue weighted by molar-refractivity contribution is 5.94. The molecule has 0 aromatic heterocycles. The molecule has 1 aromatic rings. The van der Waals surface area contributed by atoms with Crippen molar-refractivity contribution < 1.29 is 9.90 Å². The number of carbonyl (C=O) groups is 1. The van der Waals surface area contributed by atoms with Crippen LogP contribution in [-0.4, -0.2) is 24.2 Å². The van der Waals surface area contributed by atoms with Crippen LogP contribution in [0, 0.1) is 30.6 Å². The van der Waals surface area contributed by atoms with Gasteiger partial charge in [0, 0.05) is 17.7 Å². The van der Waals surface area contributed by atoms with Gasteiger partial charge in [-0.3, -0.25) is 4.79 Å². The quantitative estimate of drug-likeness (QED) is 0.827. The van der Waals surface area contributed by atoms with Crippen molar-refractivity contribution in [2.45, 2.75) is 27.7 Å². The number of rotatable bonds is 4. The van der Waals surface area contributed by atoms with E-state index >= 15 is 0 Å². The summed E-state index contributed by atoms with van der Waals surface area (Å²) in [5.74, 6) is 6.38. The van der Waals surface area contributed by atoms with Crippen LogP contribution in [0.5, 0.6) is 0 Å². The highest BCUT2D eigenvalue weighted by atomic mass is 16.2. The summed E-state index contributed by atoms with van der Waals surface area (Å²) in [4.78, 5) is 12.1. The number of hydrogen-bond acceptors (Lipinski definition) is 2. The van der Waals surface area contributed by atoms with Crippen LogP contribution in [0.1, 0.15) is 42.3 Å². The molecule has 0 aliphatic heterocycles. The predicted octanol–water partition coefficient (Wildman–Crippen LogP) is 2.36. The molecule has 108 valence electrons. The minimum Gasteiger partial charge on any atom is -0.384 e. The van der Waals surface area contributed by atoms with Gasteiger partial charge in [0.1, 0.15) is 6.61 Å². The number of amides is 1. The third-order valence-electron chi connectivity index (χ3n) is 3.52. The van der Waals surface area contributed by atoms with Gasteiger partial charge in [0.2, 0.25) is 0 Å². The second-order valence-corrected chi connectivity index (χ2v) is 5.42. The van der Waals surface area contributed by atoms with E-state index in [0.29, 0.717) is 23.9 Å². The zero-order valence-corrected chi connectivity index (χ0v) is 12.7. The molecule has 1 rings (SSSR count). The Bertz CT molecular complexity index is 524. The number of nitrogens with one attached hydrogen (secondary N) is 1. The summed E-state index contributed by atoms with van der Waals surface area (Å²) in [6, 6.07) is 5.45. The van der Waals surface area contributed by atoms with E-state index in [4.69, 9.17) is 5.11 Å². The van der Waals surface area contributed by atoms with Crippen LogP contribution in [0.4, 0.5) is 0 Å². The van der Waals surface area contributed by atoms with Crippen LogP contribution in [0.2, 0.25) is 0 Å². The standard InChI is InChI=1S/C17H23NO2/c1-12(2)14(4)11-18-17(20)16-8-7-13(3)15(10-16)6-5-9-19/h7-8,10,12,14,19H,9,11H2,1-4H3,(H,18,20). The van der Waals surface area contributed by atoms with Gasteiger partial charge in [-0.2, -0.15) is 0 Å². The van der Waals surface area contributed by atoms with Crippen molar-refractivity contribution in [2.75, 3.05) is 13.2 Å². The first kappa shape index (κ1) is 16.3. The molecule has 3 nitrogen and oxygen atoms in total. The molecule has 0 saturated heterocycles. The topological polar surface area (TPSA) is 49.3 Å². The molecule has 0 bridgehead atoms. The van der Waals surface area contributed by atoms with E-state index in [1.807, 2.05) is 13.0 Å². The van der Waals surface area contributed by atoms with Gasteiger partial charge in [-0.1, -0.05) is 38.7 Å². The van der Waals surface area contributed by atoms with Gasteiger partial charge in [-0.25, -0.2) is 0 Å². The van der Waals surface area contributed by atoms with Crippen LogP contribution in [-0.2, 0) is 0 Å². The second-order valence-electron chi connectivity index (χ2n) is 5.42. The smallest absolute Gasteiger partial charge is 0.251 e. The van der Waals surface area contributed by atoms with E-state index in [9.17, 15) is 4.79 Å². The highest BCUT2D eigenvalue weighted by Gasteiger charge is 2.11. The fraction of sp³-hybridized carbons (Fsp3) is 0.471. The molecule has 0 radical (unpaired) electrons. The van der Waals surface area contributed by atoms with E-state index in [0.717, 1.165) is 11.1 Å². The maximum Gasteiger partial charge on any atom is 0.251 e. The van der Waals surface area contributed by atoms with Crippen molar-refractivity contribution in [1.29, 1.82) is 0 Å². The Kier molecular flexibility index (Phi) is 6.27. The first-order chi connectivity index (χ1) is 9.45. The molecular weight excluding hydrogens is 250 g/mol. The summed E-state index contributed by atoms with van der Waals surface area (Å²) < 4.78 is 0. The van der Waals surface area contributed by atoms with Gasteiger partial charge in [0.25, 0.3) is 5.91 Å². The van der Waals surface area contributed by atoms with Crippen LogP contribution in [0.3, 0.4) is 0 Å². The summed E-state index contributed by atoms with van der Waals surface area (Å²) in [6.45, 7) is 8.84. The summed E-state index contributed by atoms with van der Waals surface area (Å²) in [6.07, 6.45) is 0. The number of aryl methyl sites for hydroxylation is 1. The van der Waals surface area contributed by atoms with Gasteiger partial charge >= 0.3 is 0 Å². The van der Waals surface area contributed by atoms with Crippen LogP contribution in [0.25, 0.3) is 0 Å². The first-order valence-electron chi connectivity index (χ1n) is 6.94. The normalized spacial score (nSPS) is 11.7. The molecule has 0 heterocycles. The van der Waals surface area contributed by atoms with E-state index in [2.05, 4.69) is 37.9 Å². The SMILES string of the molecule is Cc1ccc(C(=O)NCC(C)C(C)C)cc1C#CCO. The van der Waals surface area contributed by atoms with Gasteiger partial charge < -0.3 is 10.4 Å². The van der Waals surface area contributed by atoms with Crippen molar-refractivity contribution in [1.82, 2.24) is 5.32 Å². The predicted molar refractivity (Wildman–Crippen MR) is 81.5 cm³/mol. The average molecular weight is 273 g/mol. The van der Waals surface area contributed by atoms with Crippen LogP contribution in [0.15, 0.2) is 18.2 Å². The van der Waals surface area contributed by atoms with Gasteiger partial charge in [-0.15, -0.1) is 0 Å². The van der Waals surface area contributed by atoms with E-state index < -0.39 is 0 Å². The maximum absolute atomic E-state index is 12.1. The molecule has 3 heteroatoms. The third kappa shape index (κ3) is 4.71. The summed E-state index contributed by atoms with van der Waals surface area (Å²) >= 11 is 0. The summed E-state index contributed by atoms with van der Waals surface area (Å²) in [7, 11) is 0. The average Bonchev–Trinajstić information content (AvgIpc) is 2.43. The first-order valence-corrected chi connectivity index (χ1v) is 6.94. The Hall–Kier alpha value is -1.79. The Morgan fingerprint density at radius 2 is 2.05 bits per heavy atom. The van der Waals surface area contributed by atoms with Gasteiger partial charge in [-0.05, 0) is 36.5 Å². The second kappa shape index (κ2) is 7.72. The van der Waals surface area contributed by atoms with Crippen LogP contribution >= 0.6 is 0 Å². The van der Waals surface area contributed by atoms with Crippen molar-refractivity contribution in [3.8, 4) is 11.8 Å². The Morgan fingerprint density at radius 1 is 1.35 bits per heavy atom. The zero-order valence-electron chi connectivity index (χ0n) is 12.7. The molecule has 1 amide bonds. The van der Waals surface area contributed by atoms with Crippen molar-refractivity contribution in [2.24, 2.45) is 11.8 Å². The van der Waals surface area contributed by atoms with E-state index in [-0.39, 0.29) is 12.5 Å². The largest absolute Gasteiger partial charge is 0.384 e. The Balaban J connectivity index is 2.78. The molecule has 0 saturated carbocycles. The summed E-state index contributed by atoms with van der Waals surface area (Å²) in [5.41, 5.74) is 2.38. The fourth-order valence-electron chi connectivity index (χ4n) is 1.62. The number of aliphatic hydroxyl groups excluding tert-OH is 1. The molecule has 1 aromatic carbocycles. The molecule has 2 N–H and O–H groups in total. The number of benzene rings is 1. The molecule has 20 heavy (non-hydrogen) atoms. The minimum absolute atomic E-state index is 0.0791. The lowest BCUT2D eigenvalue weighted by molar-refractivity contribution is 0.0945. The van der Waals surface area contributed by atoms with Crippen LogP contribution < -0.4 is 5.32 Å². The highest BCUT2D eigenvalue weighted by Crippen LogP contribution is 2.11. The molecule has 0 fully saturated rings. The van der Waals surface area contributed by atoms with Crippen molar-refractivity contribution in [3.05, 3.63) is 34.9 Å². The number of carbonyl (C=O) groups excluding carboxylic acids is 1. The van der Waals surface area contributed by atoms with E-state index in [1.165, 1.54) is 0 Å². The molecule has 1 atom stereocenters. The molecule has 1 unspecified atom stereocenters. The third-order valence-corrected chi connectivity index (χ3v) is 3.52. The van der Waals surface area contributed by atoms with Gasteiger partial charge in [0.15, 0.2) is 0 Å². The van der Waals surface area contributed by atoms with Gasteiger partial charge in [0.05, 0.1) is 0 Å². The summed E-state index contributed by atoms with van der Waals surface area (Å²) in [5, 5.41) is 11.7. The number of aliphatic hydroxyl groups is 1. The van der Waals surface area contributed by atoms with E-state index in [1.54, 1.807) is 12.1 Å². The number of hydrogen-bond donors (Lipinski definition) is 2. The Labute approximate surface area is 121 Å². The maximum atomic E-state index is 12.1. The van der Waals surface area contributed by atoms with Crippen molar-refractivity contribution >= 4 is 5.91 Å². The fourth-order valence-corrected chi connectivity index (χ4v) is 1.62. The minimum atomic E-state index is -0.179. The zero-order chi connectivity index (χ0) is 15.1. The molecule has 0 aliphatic carbocycles. The molecule has 0 spiro atoms. The lowest BCUT2D eigenvalue weighted by atomic mass is 9.98. The molecular formula is C17H23NO2. The lowest BCUT2D eigenvalue weighted by Gasteiger charge is -2.16. The lowest BCUT2D eigenvalue weighted by Crippen LogP contribution is -2.30. The monoisotopic (exact) mass is 273 g/mol. The Morgan fingerprint density at radius 3 is 2.65 bits per heavy atom. The van der Waals surface area contributed by atoms with Crippen molar-refractivity contribution in [3.63, 3.8) is 0 Å². The molecule has 0 aliphatic rings.